The van der Waals surface area contributed by atoms with Crippen molar-refractivity contribution in [3.63, 3.8) is 0 Å². The molecular formula is C12H14F2N2O. The molecule has 0 aliphatic heterocycles. The predicted octanol–water partition coefficient (Wildman–Crippen LogP) is 2.85. The number of halogens is 2. The number of ether oxygens (including phenoxy) is 1. The van der Waals surface area contributed by atoms with E-state index < -0.39 is 6.61 Å². The summed E-state index contributed by atoms with van der Waals surface area (Å²) in [5, 5.41) is 11.5. The van der Waals surface area contributed by atoms with Crippen LogP contribution in [0.25, 0.3) is 0 Å². The summed E-state index contributed by atoms with van der Waals surface area (Å²) < 4.78 is 28.1. The number of nitrogens with zero attached hydrogens (tertiary/aromatic N) is 1. The van der Waals surface area contributed by atoms with Crippen LogP contribution in [0.3, 0.4) is 0 Å². The lowest BCUT2D eigenvalue weighted by molar-refractivity contribution is -0.0498. The van der Waals surface area contributed by atoms with Crippen molar-refractivity contribution in [1.29, 1.82) is 5.26 Å². The van der Waals surface area contributed by atoms with Crippen molar-refractivity contribution in [2.45, 2.75) is 26.0 Å². The van der Waals surface area contributed by atoms with Gasteiger partial charge >= 0.3 is 6.61 Å². The van der Waals surface area contributed by atoms with Gasteiger partial charge in [0.2, 0.25) is 0 Å². The fraction of sp³-hybridized carbons (Fsp3) is 0.417. The summed E-state index contributed by atoms with van der Waals surface area (Å²) in [4.78, 5) is 0. The number of rotatable bonds is 6. The molecule has 5 heteroatoms. The fourth-order valence-corrected chi connectivity index (χ4v) is 1.55. The van der Waals surface area contributed by atoms with E-state index in [4.69, 9.17) is 5.26 Å². The van der Waals surface area contributed by atoms with Gasteiger partial charge in [-0.1, -0.05) is 19.1 Å². The molecule has 1 aromatic carbocycles. The molecule has 0 bridgehead atoms. The summed E-state index contributed by atoms with van der Waals surface area (Å²) in [5.41, 5.74) is 0.948. The molecule has 0 saturated carbocycles. The molecule has 0 aliphatic carbocycles. The van der Waals surface area contributed by atoms with E-state index in [-0.39, 0.29) is 18.3 Å². The van der Waals surface area contributed by atoms with Gasteiger partial charge in [-0.25, -0.2) is 0 Å². The molecule has 0 aromatic heterocycles. The van der Waals surface area contributed by atoms with Crippen LogP contribution in [-0.4, -0.2) is 13.2 Å². The Morgan fingerprint density at radius 1 is 1.35 bits per heavy atom. The van der Waals surface area contributed by atoms with Gasteiger partial charge in [0.25, 0.3) is 0 Å². The minimum Gasteiger partial charge on any atom is -0.435 e. The molecule has 0 fully saturated rings. The molecule has 0 amide bonds. The van der Waals surface area contributed by atoms with Gasteiger partial charge < -0.3 is 4.74 Å². The van der Waals surface area contributed by atoms with E-state index >= 15 is 0 Å². The number of nitriles is 1. The van der Waals surface area contributed by atoms with Crippen LogP contribution < -0.4 is 10.1 Å². The Bertz CT molecular complexity index is 373. The summed E-state index contributed by atoms with van der Waals surface area (Å²) in [5.74, 6) is 0.138. The van der Waals surface area contributed by atoms with Gasteiger partial charge in [-0.2, -0.15) is 14.0 Å². The Kier molecular flexibility index (Phi) is 5.37. The van der Waals surface area contributed by atoms with E-state index in [1.54, 1.807) is 12.1 Å². The van der Waals surface area contributed by atoms with Crippen molar-refractivity contribution in [1.82, 2.24) is 5.32 Å². The molecule has 17 heavy (non-hydrogen) atoms. The third-order valence-electron chi connectivity index (χ3n) is 2.34. The molecule has 1 atom stereocenters. The molecule has 92 valence electrons. The first-order valence-corrected chi connectivity index (χ1v) is 5.32. The van der Waals surface area contributed by atoms with Crippen molar-refractivity contribution in [3.8, 4) is 11.8 Å². The van der Waals surface area contributed by atoms with E-state index in [1.165, 1.54) is 12.1 Å². The van der Waals surface area contributed by atoms with Crippen molar-refractivity contribution in [2.75, 3.05) is 6.54 Å². The second-order valence-corrected chi connectivity index (χ2v) is 3.45. The summed E-state index contributed by atoms with van der Waals surface area (Å²) >= 11 is 0. The van der Waals surface area contributed by atoms with Gasteiger partial charge in [-0.15, -0.1) is 0 Å². The Labute approximate surface area is 99.0 Å². The quantitative estimate of drug-likeness (QED) is 0.777. The van der Waals surface area contributed by atoms with Crippen LogP contribution in [0.5, 0.6) is 5.75 Å². The van der Waals surface area contributed by atoms with E-state index in [0.29, 0.717) is 0 Å². The maximum Gasteiger partial charge on any atom is 0.387 e. The summed E-state index contributed by atoms with van der Waals surface area (Å²) in [6.45, 7) is -0.564. The predicted molar refractivity (Wildman–Crippen MR) is 59.7 cm³/mol. The molecule has 1 N–H and O–H groups in total. The Balaban J connectivity index is 2.68. The molecule has 1 aromatic rings. The highest BCUT2D eigenvalue weighted by molar-refractivity contribution is 5.29. The number of nitrogens with one attached hydrogen (secondary N) is 1. The zero-order chi connectivity index (χ0) is 12.7. The molecule has 0 spiro atoms. The molecular weight excluding hydrogens is 226 g/mol. The third-order valence-corrected chi connectivity index (χ3v) is 2.34. The summed E-state index contributed by atoms with van der Waals surface area (Å²) in [7, 11) is 0. The first kappa shape index (κ1) is 13.4. The van der Waals surface area contributed by atoms with Crippen LogP contribution in [0.2, 0.25) is 0 Å². The second-order valence-electron chi connectivity index (χ2n) is 3.45. The molecule has 0 heterocycles. The molecule has 0 aliphatic rings. The van der Waals surface area contributed by atoms with Crippen LogP contribution in [-0.2, 0) is 0 Å². The van der Waals surface area contributed by atoms with Gasteiger partial charge in [-0.3, -0.25) is 5.32 Å². The number of hydrogen-bond acceptors (Lipinski definition) is 3. The highest BCUT2D eigenvalue weighted by atomic mass is 19.3. The van der Waals surface area contributed by atoms with Gasteiger partial charge in [0, 0.05) is 6.04 Å². The Morgan fingerprint density at radius 3 is 2.47 bits per heavy atom. The average molecular weight is 240 g/mol. The monoisotopic (exact) mass is 240 g/mol. The smallest absolute Gasteiger partial charge is 0.387 e. The van der Waals surface area contributed by atoms with Crippen molar-refractivity contribution >= 4 is 0 Å². The zero-order valence-electron chi connectivity index (χ0n) is 9.49. The second kappa shape index (κ2) is 6.81. The maximum absolute atomic E-state index is 11.9. The van der Waals surface area contributed by atoms with E-state index in [9.17, 15) is 8.78 Å². The third kappa shape index (κ3) is 4.37. The first-order valence-electron chi connectivity index (χ1n) is 5.32. The maximum atomic E-state index is 11.9. The van der Waals surface area contributed by atoms with Gasteiger partial charge in [-0.05, 0) is 24.1 Å². The topological polar surface area (TPSA) is 45.0 Å². The minimum atomic E-state index is -2.81. The van der Waals surface area contributed by atoms with Crippen LogP contribution in [0.1, 0.15) is 24.9 Å². The van der Waals surface area contributed by atoms with Crippen molar-refractivity contribution in [2.24, 2.45) is 0 Å². The lowest BCUT2D eigenvalue weighted by Gasteiger charge is -2.15. The summed E-state index contributed by atoms with van der Waals surface area (Å²) in [6.07, 6.45) is 0.816. The van der Waals surface area contributed by atoms with Crippen molar-refractivity contribution < 1.29 is 13.5 Å². The molecule has 1 rings (SSSR count). The van der Waals surface area contributed by atoms with Gasteiger partial charge in [0.15, 0.2) is 0 Å². The van der Waals surface area contributed by atoms with Crippen LogP contribution >= 0.6 is 0 Å². The Morgan fingerprint density at radius 2 is 2.00 bits per heavy atom. The van der Waals surface area contributed by atoms with Gasteiger partial charge in [0.1, 0.15) is 5.75 Å². The lowest BCUT2D eigenvalue weighted by atomic mass is 10.0. The molecule has 0 saturated heterocycles. The van der Waals surface area contributed by atoms with Gasteiger partial charge in [0.05, 0.1) is 12.6 Å². The van der Waals surface area contributed by atoms with Crippen LogP contribution in [0.4, 0.5) is 8.78 Å². The van der Waals surface area contributed by atoms with Crippen LogP contribution in [0.15, 0.2) is 24.3 Å². The number of hydrogen-bond donors (Lipinski definition) is 1. The Hall–Kier alpha value is -1.67. The minimum absolute atomic E-state index is 0.0512. The fourth-order valence-electron chi connectivity index (χ4n) is 1.55. The molecule has 3 nitrogen and oxygen atoms in total. The SMILES string of the molecule is CC[C@@H](NCC#N)c1ccc(OC(F)F)cc1. The average Bonchev–Trinajstić information content (AvgIpc) is 2.31. The first-order chi connectivity index (χ1) is 8.17. The van der Waals surface area contributed by atoms with Crippen LogP contribution in [0, 0.1) is 11.3 Å². The van der Waals surface area contributed by atoms with E-state index in [2.05, 4.69) is 10.1 Å². The molecule has 0 unspecified atom stereocenters. The normalized spacial score (nSPS) is 12.2. The van der Waals surface area contributed by atoms with Crippen molar-refractivity contribution in [3.05, 3.63) is 29.8 Å². The molecule has 0 radical (unpaired) electrons. The highest BCUT2D eigenvalue weighted by Gasteiger charge is 2.09. The largest absolute Gasteiger partial charge is 0.435 e. The highest BCUT2D eigenvalue weighted by Crippen LogP contribution is 2.21. The number of benzene rings is 1. The summed E-state index contributed by atoms with van der Waals surface area (Å²) in [6, 6.07) is 8.49. The lowest BCUT2D eigenvalue weighted by Crippen LogP contribution is -2.20. The van der Waals surface area contributed by atoms with E-state index in [0.717, 1.165) is 12.0 Å². The number of alkyl halides is 2. The van der Waals surface area contributed by atoms with E-state index in [1.807, 2.05) is 13.0 Å². The standard InChI is InChI=1S/C12H14F2N2O/c1-2-11(16-8-7-15)9-3-5-10(6-4-9)17-12(13)14/h3-6,11-12,16H,2,8H2,1H3/t11-/m1/s1. The zero-order valence-corrected chi connectivity index (χ0v) is 9.49.